The van der Waals surface area contributed by atoms with E-state index in [1.165, 1.54) is 17.5 Å². The maximum atomic E-state index is 14.5. The molecule has 2 bridgehead atoms. The second kappa shape index (κ2) is 15.5. The summed E-state index contributed by atoms with van der Waals surface area (Å²) in [5, 5.41) is 11.8. The van der Waals surface area contributed by atoms with E-state index in [1.807, 2.05) is 36.4 Å². The number of benzene rings is 2. The van der Waals surface area contributed by atoms with Crippen LogP contribution in [0.5, 0.6) is 11.5 Å². The Labute approximate surface area is 276 Å². The second-order valence-electron chi connectivity index (χ2n) is 12.7. The molecule has 0 aliphatic carbocycles. The van der Waals surface area contributed by atoms with Gasteiger partial charge in [0, 0.05) is 25.1 Å². The molecule has 2 aromatic rings. The Kier molecular flexibility index (Phi) is 11.2. The number of aliphatic hydroxyl groups is 1. The van der Waals surface area contributed by atoms with Crippen molar-refractivity contribution in [3.63, 3.8) is 0 Å². The van der Waals surface area contributed by atoms with Crippen molar-refractivity contribution in [1.82, 2.24) is 4.31 Å². The minimum atomic E-state index is -4.19. The van der Waals surface area contributed by atoms with E-state index in [-0.39, 0.29) is 61.2 Å². The van der Waals surface area contributed by atoms with Crippen molar-refractivity contribution in [1.29, 1.82) is 0 Å². The average Bonchev–Trinajstić information content (AvgIpc) is 3.81. The van der Waals surface area contributed by atoms with Crippen LogP contribution in [0, 0.1) is 11.8 Å². The summed E-state index contributed by atoms with van der Waals surface area (Å²) < 4.78 is 64.9. The van der Waals surface area contributed by atoms with Gasteiger partial charge in [-0.05, 0) is 56.2 Å². The maximum Gasteiger partial charge on any atom is 0.306 e. The van der Waals surface area contributed by atoms with Gasteiger partial charge in [0.15, 0.2) is 6.29 Å². The Morgan fingerprint density at radius 3 is 2.77 bits per heavy atom. The van der Waals surface area contributed by atoms with Crippen LogP contribution in [0.3, 0.4) is 0 Å². The normalized spacial score (nSPS) is 28.8. The van der Waals surface area contributed by atoms with Crippen LogP contribution < -0.4 is 9.47 Å². The largest absolute Gasteiger partial charge is 0.497 e. The van der Waals surface area contributed by atoms with Crippen LogP contribution in [-0.4, -0.2) is 94.5 Å². The second-order valence-corrected chi connectivity index (χ2v) is 14.6. The lowest BCUT2D eigenvalue weighted by Crippen LogP contribution is -2.45. The van der Waals surface area contributed by atoms with E-state index in [2.05, 4.69) is 6.08 Å². The van der Waals surface area contributed by atoms with Gasteiger partial charge in [0.2, 0.25) is 10.0 Å². The van der Waals surface area contributed by atoms with Crippen LogP contribution in [0.4, 0.5) is 0 Å². The van der Waals surface area contributed by atoms with E-state index in [0.29, 0.717) is 38.2 Å². The molecule has 3 fully saturated rings. The third-order valence-corrected chi connectivity index (χ3v) is 11.3. The van der Waals surface area contributed by atoms with Crippen molar-refractivity contribution in [2.45, 2.75) is 80.5 Å². The Morgan fingerprint density at radius 2 is 1.94 bits per heavy atom. The van der Waals surface area contributed by atoms with Crippen molar-refractivity contribution >= 4 is 16.0 Å². The van der Waals surface area contributed by atoms with Crippen LogP contribution in [-0.2, 0) is 40.2 Å². The van der Waals surface area contributed by atoms with Gasteiger partial charge in [-0.2, -0.15) is 4.31 Å². The molecule has 4 aliphatic rings. The summed E-state index contributed by atoms with van der Waals surface area (Å²) in [5.41, 5.74) is 0.918. The summed E-state index contributed by atoms with van der Waals surface area (Å²) in [5.74, 6) is -0.443. The number of carbonyl (C=O) groups is 1. The minimum absolute atomic E-state index is 0.0107. The molecule has 47 heavy (non-hydrogen) atoms. The molecule has 0 radical (unpaired) electrons. The van der Waals surface area contributed by atoms with Gasteiger partial charge in [-0.3, -0.25) is 4.79 Å². The molecule has 2 aromatic carbocycles. The first-order chi connectivity index (χ1) is 22.8. The van der Waals surface area contributed by atoms with Gasteiger partial charge in [0.25, 0.3) is 0 Å². The fraction of sp³-hybridized carbons (Fsp3) is 0.571. The zero-order chi connectivity index (χ0) is 32.8. The molecule has 7 atom stereocenters. The minimum Gasteiger partial charge on any atom is -0.497 e. The predicted octanol–water partition coefficient (Wildman–Crippen LogP) is 3.88. The number of fused-ring (bicyclic) bond motifs is 4. The highest BCUT2D eigenvalue weighted by Gasteiger charge is 2.44. The first-order valence-electron chi connectivity index (χ1n) is 16.6. The number of allylic oxidation sites excluding steroid dienone is 1. The Morgan fingerprint density at radius 1 is 1.09 bits per heavy atom. The smallest absolute Gasteiger partial charge is 0.306 e. The predicted molar refractivity (Wildman–Crippen MR) is 171 cm³/mol. The first-order valence-corrected chi connectivity index (χ1v) is 18.0. The van der Waals surface area contributed by atoms with Gasteiger partial charge in [-0.1, -0.05) is 42.5 Å². The molecule has 0 saturated carbocycles. The molecule has 256 valence electrons. The third kappa shape index (κ3) is 8.36. The number of carbonyl (C=O) groups excluding carboxylic acids is 1. The summed E-state index contributed by atoms with van der Waals surface area (Å²) in [4.78, 5) is 13.3. The molecule has 0 aromatic heterocycles. The number of methoxy groups -OCH3 is 1. The molecule has 3 saturated heterocycles. The number of rotatable bonds is 9. The lowest BCUT2D eigenvalue weighted by molar-refractivity contribution is -0.153. The number of aliphatic hydroxyl groups excluding tert-OH is 1. The summed E-state index contributed by atoms with van der Waals surface area (Å²) in [6.45, 7) is 0.941. The van der Waals surface area contributed by atoms with Gasteiger partial charge >= 0.3 is 5.97 Å². The van der Waals surface area contributed by atoms with Crippen molar-refractivity contribution < 1.29 is 46.7 Å². The number of sulfonamides is 1. The topological polar surface area (TPSA) is 130 Å². The van der Waals surface area contributed by atoms with E-state index >= 15 is 0 Å². The van der Waals surface area contributed by atoms with E-state index in [0.717, 1.165) is 24.8 Å². The number of hydrogen-bond donors (Lipinski definition) is 1. The molecule has 6 rings (SSSR count). The average molecular weight is 672 g/mol. The zero-order valence-electron chi connectivity index (χ0n) is 26.8. The summed E-state index contributed by atoms with van der Waals surface area (Å²) in [6, 6.07) is 14.2. The molecule has 11 nitrogen and oxygen atoms in total. The third-order valence-electron chi connectivity index (χ3n) is 9.41. The van der Waals surface area contributed by atoms with E-state index in [1.54, 1.807) is 12.1 Å². The van der Waals surface area contributed by atoms with Crippen molar-refractivity contribution in [2.24, 2.45) is 11.8 Å². The Hall–Kier alpha value is -3.00. The van der Waals surface area contributed by atoms with Crippen molar-refractivity contribution in [2.75, 3.05) is 40.0 Å². The lowest BCUT2D eigenvalue weighted by Gasteiger charge is -2.31. The SMILES string of the molecule is COc1ccc2c(c1)OCCCC=CC1CCC(CN(C[C@@H](O)[C@@H](CC(=O)O[C@H]3CO[C@H]4OCC[C@H]43)Cc3ccccc3)S2(=O)=O)O1. The standard InChI is InChI=1S/C35H45NO10S/c1-41-27-13-14-33-31(20-27)42-16-7-3-6-10-26-11-12-28(45-26)21-36(47(33,39)40)22-30(37)25(18-24-8-4-2-5-9-24)19-34(38)46-32-23-44-35-29(32)15-17-43-35/h2,4-6,8-10,13-14,20,25-26,28-30,32,35,37H,3,7,11-12,15-19,21-23H2,1H3/t25-,26?,28?,29+,30-,32+,35-/m1/s1. The number of hydrogen-bond acceptors (Lipinski definition) is 10. The molecule has 0 spiro atoms. The van der Waals surface area contributed by atoms with Crippen LogP contribution in [0.25, 0.3) is 0 Å². The van der Waals surface area contributed by atoms with Gasteiger partial charge in [0.05, 0.1) is 57.6 Å². The molecule has 1 N–H and O–H groups in total. The fourth-order valence-corrected chi connectivity index (χ4v) is 8.42. The molecule has 12 heteroatoms. The van der Waals surface area contributed by atoms with Gasteiger partial charge in [-0.25, -0.2) is 8.42 Å². The zero-order valence-corrected chi connectivity index (χ0v) is 27.6. The highest BCUT2D eigenvalue weighted by Crippen LogP contribution is 2.35. The number of ether oxygens (including phenoxy) is 6. The van der Waals surface area contributed by atoms with Gasteiger partial charge in [-0.15, -0.1) is 0 Å². The Bertz CT molecular complexity index is 1480. The monoisotopic (exact) mass is 671 g/mol. The Balaban J connectivity index is 1.26. The van der Waals surface area contributed by atoms with Crippen LogP contribution in [0.2, 0.25) is 0 Å². The van der Waals surface area contributed by atoms with Gasteiger partial charge in [0.1, 0.15) is 22.5 Å². The molecule has 4 aliphatic heterocycles. The van der Waals surface area contributed by atoms with Gasteiger partial charge < -0.3 is 33.5 Å². The van der Waals surface area contributed by atoms with Crippen LogP contribution >= 0.6 is 0 Å². The molecular weight excluding hydrogens is 626 g/mol. The molecular formula is C35H45NO10S. The molecule has 4 heterocycles. The van der Waals surface area contributed by atoms with Crippen molar-refractivity contribution in [3.8, 4) is 11.5 Å². The fourth-order valence-electron chi connectivity index (χ4n) is 6.82. The molecule has 0 amide bonds. The highest BCUT2D eigenvalue weighted by atomic mass is 32.2. The summed E-state index contributed by atoms with van der Waals surface area (Å²) in [7, 11) is -2.68. The van der Waals surface area contributed by atoms with Crippen LogP contribution in [0.15, 0.2) is 65.6 Å². The first kappa shape index (κ1) is 33.9. The van der Waals surface area contributed by atoms with E-state index < -0.39 is 34.1 Å². The highest BCUT2D eigenvalue weighted by molar-refractivity contribution is 7.89. The molecule has 2 unspecified atom stereocenters. The quantitative estimate of drug-likeness (QED) is 0.310. The number of nitrogens with zero attached hydrogens (tertiary/aromatic N) is 1. The van der Waals surface area contributed by atoms with Crippen molar-refractivity contribution in [3.05, 3.63) is 66.2 Å². The lowest BCUT2D eigenvalue weighted by atomic mass is 9.90. The maximum absolute atomic E-state index is 14.5. The van der Waals surface area contributed by atoms with E-state index in [4.69, 9.17) is 28.4 Å². The van der Waals surface area contributed by atoms with Crippen LogP contribution in [0.1, 0.15) is 44.1 Å². The summed E-state index contributed by atoms with van der Waals surface area (Å²) in [6.07, 6.45) is 5.64. The summed E-state index contributed by atoms with van der Waals surface area (Å²) >= 11 is 0. The van der Waals surface area contributed by atoms with E-state index in [9.17, 15) is 18.3 Å². The number of esters is 1. The number of β-amino-alcohol motifs (C(OH)–C–C–N with tert-alkyl or cyclic N) is 1.